The standard InChI is InChI=1S/C15H16N6OS2/c1-2-5-12-19-20-15(23)21(12)8-13(22)18-14-17-11(9-24-14)10-6-3-4-7-16-10/h3-4,6-7,9H,2,5,8H2,1H3,(H,20,23)(H,17,18,22). The van der Waals surface area contributed by atoms with E-state index in [0.717, 1.165) is 30.1 Å². The Bertz CT molecular complexity index is 883. The second-order valence-corrected chi connectivity index (χ2v) is 6.33. The summed E-state index contributed by atoms with van der Waals surface area (Å²) in [6.45, 7) is 2.17. The second-order valence-electron chi connectivity index (χ2n) is 5.08. The summed E-state index contributed by atoms with van der Waals surface area (Å²) in [4.78, 5) is 20.9. The van der Waals surface area contributed by atoms with E-state index in [9.17, 15) is 4.79 Å². The first-order chi connectivity index (χ1) is 11.7. The highest BCUT2D eigenvalue weighted by molar-refractivity contribution is 7.71. The van der Waals surface area contributed by atoms with Gasteiger partial charge < -0.3 is 5.32 Å². The molecule has 0 fully saturated rings. The van der Waals surface area contributed by atoms with Gasteiger partial charge in [0.15, 0.2) is 9.90 Å². The molecule has 9 heteroatoms. The summed E-state index contributed by atoms with van der Waals surface area (Å²) in [7, 11) is 0. The average molecular weight is 360 g/mol. The Hall–Kier alpha value is -2.39. The van der Waals surface area contributed by atoms with Crippen LogP contribution in [0.4, 0.5) is 5.13 Å². The minimum Gasteiger partial charge on any atom is -0.300 e. The van der Waals surface area contributed by atoms with E-state index in [1.165, 1.54) is 11.3 Å². The van der Waals surface area contributed by atoms with Gasteiger partial charge in [0.1, 0.15) is 18.1 Å². The van der Waals surface area contributed by atoms with Gasteiger partial charge in [0.2, 0.25) is 5.91 Å². The fourth-order valence-corrected chi connectivity index (χ4v) is 3.13. The minimum atomic E-state index is -0.188. The Labute approximate surface area is 147 Å². The first kappa shape index (κ1) is 16.5. The number of amides is 1. The predicted octanol–water partition coefficient (Wildman–Crippen LogP) is 3.05. The molecule has 1 amide bonds. The lowest BCUT2D eigenvalue weighted by Crippen LogP contribution is -2.20. The Morgan fingerprint density at radius 3 is 3.04 bits per heavy atom. The molecule has 24 heavy (non-hydrogen) atoms. The molecule has 0 unspecified atom stereocenters. The van der Waals surface area contributed by atoms with Crippen LogP contribution >= 0.6 is 23.6 Å². The molecule has 2 N–H and O–H groups in total. The lowest BCUT2D eigenvalue weighted by atomic mass is 10.3. The first-order valence-corrected chi connectivity index (χ1v) is 8.77. The normalized spacial score (nSPS) is 10.7. The van der Waals surface area contributed by atoms with Crippen LogP contribution in [0.25, 0.3) is 11.4 Å². The Morgan fingerprint density at radius 2 is 2.29 bits per heavy atom. The van der Waals surface area contributed by atoms with E-state index in [1.807, 2.05) is 23.6 Å². The number of rotatable bonds is 6. The molecule has 0 bridgehead atoms. The van der Waals surface area contributed by atoms with Crippen LogP contribution in [0.1, 0.15) is 19.2 Å². The topological polar surface area (TPSA) is 88.5 Å². The number of aryl methyl sites for hydroxylation is 1. The molecule has 0 atom stereocenters. The number of hydrogen-bond donors (Lipinski definition) is 2. The van der Waals surface area contributed by atoms with Crippen molar-refractivity contribution in [2.45, 2.75) is 26.3 Å². The third-order valence-corrected chi connectivity index (χ3v) is 4.36. The highest BCUT2D eigenvalue weighted by Crippen LogP contribution is 2.23. The summed E-state index contributed by atoms with van der Waals surface area (Å²) >= 11 is 6.54. The maximum absolute atomic E-state index is 12.3. The molecular weight excluding hydrogens is 344 g/mol. The van der Waals surface area contributed by atoms with Gasteiger partial charge in [0.25, 0.3) is 0 Å². The van der Waals surface area contributed by atoms with Gasteiger partial charge in [-0.15, -0.1) is 11.3 Å². The maximum atomic E-state index is 12.3. The van der Waals surface area contributed by atoms with E-state index in [4.69, 9.17) is 12.2 Å². The number of hydrogen-bond acceptors (Lipinski definition) is 6. The number of nitrogens with one attached hydrogen (secondary N) is 2. The predicted molar refractivity (Wildman–Crippen MR) is 95.4 cm³/mol. The summed E-state index contributed by atoms with van der Waals surface area (Å²) in [6.07, 6.45) is 3.41. The van der Waals surface area contributed by atoms with E-state index < -0.39 is 0 Å². The van der Waals surface area contributed by atoms with E-state index in [-0.39, 0.29) is 12.5 Å². The third-order valence-electron chi connectivity index (χ3n) is 3.29. The van der Waals surface area contributed by atoms with Crippen molar-refractivity contribution in [1.82, 2.24) is 24.7 Å². The summed E-state index contributed by atoms with van der Waals surface area (Å²) in [5.74, 6) is 0.595. The summed E-state index contributed by atoms with van der Waals surface area (Å²) in [5, 5.41) is 12.1. The minimum absolute atomic E-state index is 0.114. The molecule has 7 nitrogen and oxygen atoms in total. The van der Waals surface area contributed by atoms with Crippen molar-refractivity contribution in [3.05, 3.63) is 40.4 Å². The highest BCUT2D eigenvalue weighted by atomic mass is 32.1. The number of aromatic amines is 1. The van der Waals surface area contributed by atoms with Crippen LogP contribution in [0.3, 0.4) is 0 Å². The van der Waals surface area contributed by atoms with Gasteiger partial charge >= 0.3 is 0 Å². The molecule has 0 aliphatic carbocycles. The van der Waals surface area contributed by atoms with Gasteiger partial charge in [-0.2, -0.15) is 5.10 Å². The molecule has 0 aliphatic heterocycles. The molecule has 0 spiro atoms. The van der Waals surface area contributed by atoms with Crippen LogP contribution in [0.2, 0.25) is 0 Å². The summed E-state index contributed by atoms with van der Waals surface area (Å²) in [6, 6.07) is 5.62. The summed E-state index contributed by atoms with van der Waals surface area (Å²) < 4.78 is 2.16. The van der Waals surface area contributed by atoms with Crippen LogP contribution in [0.15, 0.2) is 29.8 Å². The van der Waals surface area contributed by atoms with Crippen molar-refractivity contribution in [2.24, 2.45) is 0 Å². The van der Waals surface area contributed by atoms with Crippen molar-refractivity contribution in [2.75, 3.05) is 5.32 Å². The van der Waals surface area contributed by atoms with Gasteiger partial charge in [-0.05, 0) is 30.8 Å². The monoisotopic (exact) mass is 360 g/mol. The van der Waals surface area contributed by atoms with Crippen LogP contribution in [-0.2, 0) is 17.8 Å². The number of nitrogens with zero attached hydrogens (tertiary/aromatic N) is 4. The molecule has 3 aromatic rings. The molecule has 124 valence electrons. The van der Waals surface area contributed by atoms with Crippen molar-refractivity contribution >= 4 is 34.6 Å². The lowest BCUT2D eigenvalue weighted by Gasteiger charge is -2.05. The van der Waals surface area contributed by atoms with Crippen LogP contribution < -0.4 is 5.32 Å². The molecule has 0 saturated carbocycles. The van der Waals surface area contributed by atoms with Gasteiger partial charge in [0.05, 0.1) is 5.69 Å². The molecule has 3 aromatic heterocycles. The quantitative estimate of drug-likeness (QED) is 0.660. The van der Waals surface area contributed by atoms with Crippen LogP contribution in [0.5, 0.6) is 0 Å². The number of H-pyrrole nitrogens is 1. The van der Waals surface area contributed by atoms with Crippen LogP contribution in [-0.4, -0.2) is 30.6 Å². The molecule has 0 radical (unpaired) electrons. The molecule has 0 aliphatic rings. The van der Waals surface area contributed by atoms with Gasteiger partial charge in [-0.25, -0.2) is 4.98 Å². The lowest BCUT2D eigenvalue weighted by molar-refractivity contribution is -0.116. The zero-order valence-corrected chi connectivity index (χ0v) is 14.7. The fourth-order valence-electron chi connectivity index (χ4n) is 2.19. The number of thiazole rings is 1. The van der Waals surface area contributed by atoms with E-state index >= 15 is 0 Å². The van der Waals surface area contributed by atoms with Crippen molar-refractivity contribution < 1.29 is 4.79 Å². The van der Waals surface area contributed by atoms with E-state index in [2.05, 4.69) is 32.4 Å². The molecular formula is C15H16N6OS2. The Balaban J connectivity index is 1.69. The van der Waals surface area contributed by atoms with E-state index in [0.29, 0.717) is 9.90 Å². The number of carbonyl (C=O) groups is 1. The van der Waals surface area contributed by atoms with E-state index in [1.54, 1.807) is 10.8 Å². The van der Waals surface area contributed by atoms with Crippen molar-refractivity contribution in [1.29, 1.82) is 0 Å². The average Bonchev–Trinajstić information content (AvgIpc) is 3.18. The zero-order valence-electron chi connectivity index (χ0n) is 13.0. The largest absolute Gasteiger partial charge is 0.300 e. The fraction of sp³-hybridized carbons (Fsp3) is 0.267. The molecule has 0 aromatic carbocycles. The number of carbonyl (C=O) groups excluding carboxylic acids is 1. The smallest absolute Gasteiger partial charge is 0.246 e. The molecule has 0 saturated heterocycles. The SMILES string of the molecule is CCCc1n[nH]c(=S)n1CC(=O)Nc1nc(-c2ccccn2)cs1. The zero-order chi connectivity index (χ0) is 16.9. The Kier molecular flexibility index (Phi) is 5.11. The number of aromatic nitrogens is 5. The summed E-state index contributed by atoms with van der Waals surface area (Å²) in [5.41, 5.74) is 1.51. The Morgan fingerprint density at radius 1 is 1.42 bits per heavy atom. The molecule has 3 heterocycles. The molecule has 3 rings (SSSR count). The van der Waals surface area contributed by atoms with Crippen LogP contribution in [0, 0.1) is 4.77 Å². The highest BCUT2D eigenvalue weighted by Gasteiger charge is 2.12. The first-order valence-electron chi connectivity index (χ1n) is 7.48. The van der Waals surface area contributed by atoms with Crippen molar-refractivity contribution in [3.63, 3.8) is 0 Å². The number of anilines is 1. The van der Waals surface area contributed by atoms with Crippen molar-refractivity contribution in [3.8, 4) is 11.4 Å². The van der Waals surface area contributed by atoms with Gasteiger partial charge in [0, 0.05) is 18.0 Å². The second kappa shape index (κ2) is 7.45. The number of pyridine rings is 1. The maximum Gasteiger partial charge on any atom is 0.246 e. The third kappa shape index (κ3) is 3.74. The van der Waals surface area contributed by atoms with Gasteiger partial charge in [-0.1, -0.05) is 13.0 Å². The van der Waals surface area contributed by atoms with Gasteiger partial charge in [-0.3, -0.25) is 19.4 Å².